The smallest absolute Gasteiger partial charge is 0.338 e. The first kappa shape index (κ1) is 25.8. The molecule has 4 nitrogen and oxygen atoms in total. The van der Waals surface area contributed by atoms with Crippen LogP contribution in [0.15, 0.2) is 54.9 Å². The van der Waals surface area contributed by atoms with Crippen LogP contribution >= 0.6 is 0 Å². The van der Waals surface area contributed by atoms with Gasteiger partial charge in [0.2, 0.25) is 0 Å². The van der Waals surface area contributed by atoms with Crippen LogP contribution in [0.4, 0.5) is 0 Å². The molecule has 0 bridgehead atoms. The molecule has 0 fully saturated rings. The van der Waals surface area contributed by atoms with E-state index in [0.717, 1.165) is 31.2 Å². The minimum Gasteiger partial charge on any atom is -0.388 e. The number of aryl methyl sites for hydroxylation is 1. The zero-order valence-electron chi connectivity index (χ0n) is 20.0. The summed E-state index contributed by atoms with van der Waals surface area (Å²) >= 11 is 0. The summed E-state index contributed by atoms with van der Waals surface area (Å²) in [7, 11) is 0. The van der Waals surface area contributed by atoms with Crippen molar-refractivity contribution >= 4 is 5.97 Å². The van der Waals surface area contributed by atoms with E-state index in [1.807, 2.05) is 24.3 Å². The number of rotatable bonds is 16. The Balaban J connectivity index is 1.84. The third kappa shape index (κ3) is 10.7. The van der Waals surface area contributed by atoms with E-state index in [9.17, 15) is 4.79 Å². The summed E-state index contributed by atoms with van der Waals surface area (Å²) in [4.78, 5) is 20.7. The Labute approximate surface area is 194 Å². The lowest BCUT2D eigenvalue weighted by Crippen LogP contribution is -2.08. The highest BCUT2D eigenvalue weighted by atomic mass is 16.5. The van der Waals surface area contributed by atoms with E-state index in [4.69, 9.17) is 4.74 Å². The number of benzene rings is 1. The highest BCUT2D eigenvalue weighted by Crippen LogP contribution is 2.24. The van der Waals surface area contributed by atoms with E-state index >= 15 is 0 Å². The summed E-state index contributed by atoms with van der Waals surface area (Å²) in [6.45, 7) is 4.45. The first-order valence-corrected chi connectivity index (χ1v) is 12.5. The van der Waals surface area contributed by atoms with Gasteiger partial charge in [-0.3, -0.25) is 0 Å². The fourth-order valence-corrected chi connectivity index (χ4v) is 3.82. The van der Waals surface area contributed by atoms with E-state index in [1.165, 1.54) is 63.0 Å². The normalized spacial score (nSPS) is 12.2. The second kappa shape index (κ2) is 16.2. The van der Waals surface area contributed by atoms with E-state index < -0.39 is 5.97 Å². The molecule has 1 unspecified atom stereocenters. The number of unbranched alkanes of at least 4 members (excludes halogenated alkanes) is 8. The Morgan fingerprint density at radius 2 is 1.50 bits per heavy atom. The number of hydrogen-bond acceptors (Lipinski definition) is 4. The lowest BCUT2D eigenvalue weighted by Gasteiger charge is -2.13. The molecular formula is C28H40N2O2. The number of esters is 1. The molecule has 174 valence electrons. The van der Waals surface area contributed by atoms with E-state index in [2.05, 4.69) is 35.9 Å². The lowest BCUT2D eigenvalue weighted by molar-refractivity contribution is -0.129. The van der Waals surface area contributed by atoms with Gasteiger partial charge in [0.05, 0.1) is 0 Å². The molecule has 0 N–H and O–H groups in total. The molecular weight excluding hydrogens is 396 g/mol. The zero-order chi connectivity index (χ0) is 22.9. The Hall–Kier alpha value is -2.49. The van der Waals surface area contributed by atoms with Gasteiger partial charge < -0.3 is 4.74 Å². The molecule has 2 aromatic rings. The van der Waals surface area contributed by atoms with Crippen molar-refractivity contribution in [2.24, 2.45) is 0 Å². The maximum absolute atomic E-state index is 12.3. The van der Waals surface area contributed by atoms with Gasteiger partial charge in [0.1, 0.15) is 0 Å². The molecule has 1 heterocycles. The summed E-state index contributed by atoms with van der Waals surface area (Å²) in [6.07, 6.45) is 21.4. The summed E-state index contributed by atoms with van der Waals surface area (Å²) in [5.74, 6) is -0.217. The predicted molar refractivity (Wildman–Crippen MR) is 132 cm³/mol. The van der Waals surface area contributed by atoms with E-state index in [-0.39, 0.29) is 11.9 Å². The summed E-state index contributed by atoms with van der Waals surface area (Å²) < 4.78 is 5.32. The monoisotopic (exact) mass is 436 g/mol. The van der Waals surface area contributed by atoms with Gasteiger partial charge in [-0.15, -0.1) is 0 Å². The summed E-state index contributed by atoms with van der Waals surface area (Å²) in [6, 6.07) is 10.5. The maximum atomic E-state index is 12.3. The quantitative estimate of drug-likeness (QED) is 0.154. The second-order valence-corrected chi connectivity index (χ2v) is 8.54. The predicted octanol–water partition coefficient (Wildman–Crippen LogP) is 7.60. The molecule has 0 radical (unpaired) electrons. The average molecular weight is 437 g/mol. The van der Waals surface area contributed by atoms with Crippen molar-refractivity contribution in [2.75, 3.05) is 0 Å². The zero-order valence-corrected chi connectivity index (χ0v) is 20.0. The van der Waals surface area contributed by atoms with Crippen LogP contribution in [-0.4, -0.2) is 15.9 Å². The maximum Gasteiger partial charge on any atom is 0.338 e. The van der Waals surface area contributed by atoms with Crippen LogP contribution in [0.5, 0.6) is 6.01 Å². The molecule has 0 aliphatic carbocycles. The molecule has 32 heavy (non-hydrogen) atoms. The third-order valence-electron chi connectivity index (χ3n) is 5.75. The lowest BCUT2D eigenvalue weighted by atomic mass is 9.92. The molecule has 1 aromatic carbocycles. The van der Waals surface area contributed by atoms with Gasteiger partial charge >= 0.3 is 12.0 Å². The number of carbonyl (C=O) groups excluding carboxylic acids is 1. The Morgan fingerprint density at radius 3 is 2.16 bits per heavy atom. The van der Waals surface area contributed by atoms with Gasteiger partial charge in [0, 0.05) is 24.4 Å². The SMILES string of the molecule is CCCCCCCc1cnc(OC(=O)/C=C/C(CCCCCCC)c2ccccc2)nc1. The fraction of sp³-hybridized carbons (Fsp3) is 0.536. The van der Waals surface area contributed by atoms with Gasteiger partial charge in [-0.25, -0.2) is 14.8 Å². The van der Waals surface area contributed by atoms with Crippen LogP contribution in [0.2, 0.25) is 0 Å². The van der Waals surface area contributed by atoms with Crippen LogP contribution in [-0.2, 0) is 11.2 Å². The Morgan fingerprint density at radius 1 is 0.875 bits per heavy atom. The van der Waals surface area contributed by atoms with E-state index in [0.29, 0.717) is 0 Å². The van der Waals surface area contributed by atoms with Gasteiger partial charge in [0.15, 0.2) is 0 Å². The van der Waals surface area contributed by atoms with Crippen molar-refractivity contribution in [1.29, 1.82) is 0 Å². The van der Waals surface area contributed by atoms with Crippen molar-refractivity contribution in [2.45, 2.75) is 96.8 Å². The topological polar surface area (TPSA) is 52.1 Å². The standard InChI is InChI=1S/C28H40N2O2/c1-3-5-7-9-12-16-24-22-29-28(30-23-24)32-27(31)21-20-26(19-13-10-8-6-4-2)25-17-14-11-15-18-25/h11,14-15,17-18,20-23,26H,3-10,12-13,16,19H2,1-2H3/b21-20+. The molecule has 0 spiro atoms. The molecule has 0 amide bonds. The molecule has 1 atom stereocenters. The number of ether oxygens (including phenoxy) is 1. The number of aromatic nitrogens is 2. The molecule has 4 heteroatoms. The van der Waals surface area contributed by atoms with Crippen LogP contribution in [0.3, 0.4) is 0 Å². The minimum absolute atomic E-state index is 0.116. The van der Waals surface area contributed by atoms with Crippen molar-refractivity contribution in [3.63, 3.8) is 0 Å². The van der Waals surface area contributed by atoms with Gasteiger partial charge in [-0.1, -0.05) is 108 Å². The van der Waals surface area contributed by atoms with Crippen molar-refractivity contribution in [3.8, 4) is 6.01 Å². The number of hydrogen-bond donors (Lipinski definition) is 0. The van der Waals surface area contributed by atoms with Crippen molar-refractivity contribution in [3.05, 3.63) is 66.0 Å². The fourth-order valence-electron chi connectivity index (χ4n) is 3.82. The Kier molecular flexibility index (Phi) is 13.0. The number of allylic oxidation sites excluding steroid dienone is 1. The molecule has 0 aliphatic heterocycles. The molecule has 2 rings (SSSR count). The van der Waals surface area contributed by atoms with Crippen molar-refractivity contribution in [1.82, 2.24) is 9.97 Å². The van der Waals surface area contributed by atoms with Crippen molar-refractivity contribution < 1.29 is 9.53 Å². The largest absolute Gasteiger partial charge is 0.388 e. The van der Waals surface area contributed by atoms with Gasteiger partial charge in [-0.05, 0) is 30.4 Å². The van der Waals surface area contributed by atoms with Gasteiger partial charge in [-0.2, -0.15) is 0 Å². The van der Waals surface area contributed by atoms with Crippen LogP contribution in [0.25, 0.3) is 0 Å². The Bertz CT molecular complexity index is 772. The highest BCUT2D eigenvalue weighted by Gasteiger charge is 2.10. The number of nitrogens with zero attached hydrogens (tertiary/aromatic N) is 2. The minimum atomic E-state index is -0.427. The third-order valence-corrected chi connectivity index (χ3v) is 5.75. The first-order valence-electron chi connectivity index (χ1n) is 12.5. The van der Waals surface area contributed by atoms with Crippen LogP contribution in [0, 0.1) is 0 Å². The average Bonchev–Trinajstić information content (AvgIpc) is 2.82. The molecule has 0 saturated carbocycles. The highest BCUT2D eigenvalue weighted by molar-refractivity contribution is 5.83. The molecule has 0 saturated heterocycles. The molecule has 0 aliphatic rings. The number of carbonyl (C=O) groups is 1. The van der Waals surface area contributed by atoms with E-state index in [1.54, 1.807) is 12.4 Å². The first-order chi connectivity index (χ1) is 15.7. The second-order valence-electron chi connectivity index (χ2n) is 8.54. The van der Waals surface area contributed by atoms with Gasteiger partial charge in [0.25, 0.3) is 0 Å². The molecule has 1 aromatic heterocycles. The summed E-state index contributed by atoms with van der Waals surface area (Å²) in [5, 5.41) is 0. The summed E-state index contributed by atoms with van der Waals surface area (Å²) in [5.41, 5.74) is 2.32. The van der Waals surface area contributed by atoms with Crippen LogP contribution < -0.4 is 4.74 Å². The van der Waals surface area contributed by atoms with Crippen LogP contribution in [0.1, 0.15) is 102 Å².